The van der Waals surface area contributed by atoms with Gasteiger partial charge in [-0.15, -0.1) is 0 Å². The first-order chi connectivity index (χ1) is 15.8. The molecule has 1 atom stereocenters. The molecular weight excluding hydrogens is 483 g/mol. The number of rotatable bonds is 9. The third-order valence-corrected chi connectivity index (χ3v) is 6.20. The predicted molar refractivity (Wildman–Crippen MR) is 114 cm³/mol. The third kappa shape index (κ3) is 6.22. The predicted octanol–water partition coefficient (Wildman–Crippen LogP) is 5.55. The Morgan fingerprint density at radius 3 is 1.97 bits per heavy atom. The minimum atomic E-state index is -6.20. The minimum absolute atomic E-state index is 0.441. The summed E-state index contributed by atoms with van der Waals surface area (Å²) in [7, 11) is -5.07. The molecule has 2 aromatic carbocycles. The van der Waals surface area contributed by atoms with Crippen LogP contribution in [0.4, 0.5) is 22.0 Å². The van der Waals surface area contributed by atoms with Crippen LogP contribution in [0.2, 0.25) is 0 Å². The zero-order chi connectivity index (χ0) is 25.6. The lowest BCUT2D eigenvalue weighted by Gasteiger charge is -2.27. The summed E-state index contributed by atoms with van der Waals surface area (Å²) < 4.78 is 106. The van der Waals surface area contributed by atoms with Crippen LogP contribution < -0.4 is 0 Å². The molecular formula is C23H21F5O5S. The largest absolute Gasteiger partial charge is 0.491 e. The van der Waals surface area contributed by atoms with Gasteiger partial charge in [0.2, 0.25) is 9.84 Å². The van der Waals surface area contributed by atoms with Crippen molar-refractivity contribution in [3.05, 3.63) is 83.0 Å². The van der Waals surface area contributed by atoms with E-state index in [2.05, 4.69) is 4.74 Å². The van der Waals surface area contributed by atoms with E-state index in [1.165, 1.54) is 24.3 Å². The third-order valence-electron chi connectivity index (χ3n) is 4.31. The second kappa shape index (κ2) is 10.8. The van der Waals surface area contributed by atoms with Crippen molar-refractivity contribution in [2.45, 2.75) is 36.9 Å². The van der Waals surface area contributed by atoms with Crippen molar-refractivity contribution in [2.24, 2.45) is 0 Å². The van der Waals surface area contributed by atoms with Gasteiger partial charge in [0.05, 0.1) is 11.5 Å². The lowest BCUT2D eigenvalue weighted by Crippen LogP contribution is -2.42. The number of sulfone groups is 1. The number of carbonyl (C=O) groups is 1. The molecule has 0 spiro atoms. The van der Waals surface area contributed by atoms with Crippen molar-refractivity contribution >= 4 is 21.9 Å². The van der Waals surface area contributed by atoms with Gasteiger partial charge >= 0.3 is 18.1 Å². The molecule has 184 valence electrons. The zero-order valence-corrected chi connectivity index (χ0v) is 18.9. The maximum Gasteiger partial charge on any atom is 0.461 e. The lowest BCUT2D eigenvalue weighted by molar-refractivity contribution is -0.277. The molecule has 2 rings (SSSR count). The van der Waals surface area contributed by atoms with E-state index >= 15 is 0 Å². The Morgan fingerprint density at radius 1 is 0.971 bits per heavy atom. The van der Waals surface area contributed by atoms with Gasteiger partial charge in [-0.3, -0.25) is 4.79 Å². The van der Waals surface area contributed by atoms with Gasteiger partial charge in [-0.1, -0.05) is 54.6 Å². The molecule has 1 unspecified atom stereocenters. The number of halogens is 5. The Kier molecular flexibility index (Phi) is 8.60. The molecule has 0 bridgehead atoms. The topological polar surface area (TPSA) is 69.7 Å². The molecule has 34 heavy (non-hydrogen) atoms. The number of hydrogen-bond acceptors (Lipinski definition) is 5. The highest BCUT2D eigenvalue weighted by Gasteiger charge is 2.64. The van der Waals surface area contributed by atoms with E-state index in [9.17, 15) is 35.2 Å². The molecule has 0 aliphatic heterocycles. The number of esters is 1. The van der Waals surface area contributed by atoms with Gasteiger partial charge in [-0.25, -0.2) is 8.42 Å². The van der Waals surface area contributed by atoms with Crippen LogP contribution in [0.3, 0.4) is 0 Å². The van der Waals surface area contributed by atoms with Gasteiger partial charge in [0.15, 0.2) is 11.9 Å². The van der Waals surface area contributed by atoms with Crippen LogP contribution in [0, 0.1) is 0 Å². The molecule has 11 heteroatoms. The van der Waals surface area contributed by atoms with E-state index in [1.54, 1.807) is 30.3 Å². The van der Waals surface area contributed by atoms with Gasteiger partial charge < -0.3 is 9.47 Å². The average Bonchev–Trinajstić information content (AvgIpc) is 2.77. The van der Waals surface area contributed by atoms with Crippen LogP contribution in [0.1, 0.15) is 19.4 Å². The summed E-state index contributed by atoms with van der Waals surface area (Å²) in [6.45, 7) is 1.25. The van der Waals surface area contributed by atoms with E-state index < -0.39 is 56.2 Å². The monoisotopic (exact) mass is 504 g/mol. The Hall–Kier alpha value is -3.21. The first kappa shape index (κ1) is 27.0. The SMILES string of the molecule is CCO/C(=C(\C(/C=C/c1ccccc1)OC(C)=O)S(=O)(=O)c1ccccc1)C(F)(F)C(F)(F)F. The van der Waals surface area contributed by atoms with Crippen molar-refractivity contribution in [2.75, 3.05) is 6.61 Å². The van der Waals surface area contributed by atoms with Crippen molar-refractivity contribution in [3.63, 3.8) is 0 Å². The van der Waals surface area contributed by atoms with Crippen LogP contribution in [-0.4, -0.2) is 39.2 Å². The van der Waals surface area contributed by atoms with Gasteiger partial charge in [0, 0.05) is 6.92 Å². The molecule has 0 aliphatic carbocycles. The van der Waals surface area contributed by atoms with Crippen molar-refractivity contribution in [1.29, 1.82) is 0 Å². The fourth-order valence-corrected chi connectivity index (χ4v) is 4.48. The molecule has 0 fully saturated rings. The van der Waals surface area contributed by atoms with Crippen molar-refractivity contribution < 1.29 is 44.6 Å². The average molecular weight is 504 g/mol. The van der Waals surface area contributed by atoms with Gasteiger partial charge in [-0.2, -0.15) is 22.0 Å². The fraction of sp³-hybridized carbons (Fsp3) is 0.261. The van der Waals surface area contributed by atoms with E-state index in [4.69, 9.17) is 4.74 Å². The first-order valence-corrected chi connectivity index (χ1v) is 11.3. The molecule has 2 aromatic rings. The molecule has 0 radical (unpaired) electrons. The van der Waals surface area contributed by atoms with E-state index in [-0.39, 0.29) is 0 Å². The summed E-state index contributed by atoms with van der Waals surface area (Å²) in [5, 5.41) is 0. The highest BCUT2D eigenvalue weighted by molar-refractivity contribution is 7.95. The Morgan fingerprint density at radius 2 is 1.50 bits per heavy atom. The number of carbonyl (C=O) groups excluding carboxylic acids is 1. The maximum absolute atomic E-state index is 14.6. The van der Waals surface area contributed by atoms with E-state index in [0.29, 0.717) is 5.56 Å². The van der Waals surface area contributed by atoms with E-state index in [0.717, 1.165) is 32.1 Å². The smallest absolute Gasteiger partial charge is 0.461 e. The number of ether oxygens (including phenoxy) is 2. The van der Waals surface area contributed by atoms with Crippen LogP contribution in [0.15, 0.2) is 82.3 Å². The summed E-state index contributed by atoms with van der Waals surface area (Å²) in [4.78, 5) is 9.61. The molecule has 0 saturated carbocycles. The Bertz CT molecular complexity index is 1140. The van der Waals surface area contributed by atoms with Gasteiger partial charge in [0.25, 0.3) is 0 Å². The minimum Gasteiger partial charge on any atom is -0.491 e. The summed E-state index contributed by atoms with van der Waals surface area (Å²) in [6, 6.07) is 14.0. The molecule has 0 aliphatic rings. The Balaban J connectivity index is 2.92. The summed E-state index contributed by atoms with van der Waals surface area (Å²) >= 11 is 0. The zero-order valence-electron chi connectivity index (χ0n) is 18.1. The fourth-order valence-electron chi connectivity index (χ4n) is 2.84. The quantitative estimate of drug-likeness (QED) is 0.254. The molecule has 0 N–H and O–H groups in total. The molecule has 0 amide bonds. The molecule has 0 heterocycles. The second-order valence-electron chi connectivity index (χ2n) is 6.81. The van der Waals surface area contributed by atoms with Crippen LogP contribution in [0.5, 0.6) is 0 Å². The number of allylic oxidation sites excluding steroid dienone is 1. The lowest BCUT2D eigenvalue weighted by atomic mass is 10.1. The molecule has 0 aromatic heterocycles. The number of benzene rings is 2. The number of hydrogen-bond donors (Lipinski definition) is 0. The summed E-state index contributed by atoms with van der Waals surface area (Å²) in [5.74, 6) is -9.00. The van der Waals surface area contributed by atoms with Crippen LogP contribution >= 0.6 is 0 Å². The van der Waals surface area contributed by atoms with Crippen molar-refractivity contribution in [3.8, 4) is 0 Å². The second-order valence-corrected chi connectivity index (χ2v) is 8.73. The van der Waals surface area contributed by atoms with Crippen LogP contribution in [0.25, 0.3) is 6.08 Å². The Labute approximate surface area is 193 Å². The molecule has 0 saturated heterocycles. The first-order valence-electron chi connectivity index (χ1n) is 9.85. The standard InChI is InChI=1S/C23H21F5O5S/c1-3-32-21(22(24,25)23(26,27)28)20(34(30,31)18-12-8-5-9-13-18)19(33-16(2)29)15-14-17-10-6-4-7-11-17/h4-15,19H,3H2,1-2H3/b15-14+,21-20+. The highest BCUT2D eigenvalue weighted by atomic mass is 32.2. The number of alkyl halides is 5. The van der Waals surface area contributed by atoms with Gasteiger partial charge in [-0.05, 0) is 30.7 Å². The molecule has 5 nitrogen and oxygen atoms in total. The van der Waals surface area contributed by atoms with Crippen molar-refractivity contribution in [1.82, 2.24) is 0 Å². The summed E-state index contributed by atoms with van der Waals surface area (Å²) in [5.41, 5.74) is 0.441. The van der Waals surface area contributed by atoms with Gasteiger partial charge in [0.1, 0.15) is 4.91 Å². The maximum atomic E-state index is 14.6. The highest BCUT2D eigenvalue weighted by Crippen LogP contribution is 2.45. The summed E-state index contributed by atoms with van der Waals surface area (Å²) in [6.07, 6.45) is -6.22. The normalized spacial score (nSPS) is 14.4. The van der Waals surface area contributed by atoms with E-state index in [1.807, 2.05) is 0 Å². The van der Waals surface area contributed by atoms with Crippen LogP contribution in [-0.2, 0) is 24.1 Å².